The number of aryl methyl sites for hydroxylation is 1. The van der Waals surface area contributed by atoms with E-state index in [9.17, 15) is 4.79 Å². The Kier molecular flexibility index (Phi) is 2.50. The van der Waals surface area contributed by atoms with E-state index >= 15 is 0 Å². The van der Waals surface area contributed by atoms with Crippen LogP contribution >= 0.6 is 0 Å². The monoisotopic (exact) mass is 190 g/mol. The van der Waals surface area contributed by atoms with Crippen molar-refractivity contribution in [3.8, 4) is 0 Å². The molecule has 1 aliphatic rings. The quantitative estimate of drug-likeness (QED) is 0.716. The summed E-state index contributed by atoms with van der Waals surface area (Å²) in [4.78, 5) is 13.3. The third kappa shape index (κ3) is 1.51. The van der Waals surface area contributed by atoms with Crippen molar-refractivity contribution in [3.63, 3.8) is 0 Å². The van der Waals surface area contributed by atoms with Crippen molar-refractivity contribution in [1.29, 1.82) is 0 Å². The molecular formula is C11H14N2O. The SMILES string of the molecule is NCC(=O)N1CCCc2ccccc21. The second-order valence-electron chi connectivity index (χ2n) is 3.48. The lowest BCUT2D eigenvalue weighted by Crippen LogP contribution is -2.39. The number of nitrogens with two attached hydrogens (primary N) is 1. The highest BCUT2D eigenvalue weighted by Gasteiger charge is 2.20. The number of anilines is 1. The van der Waals surface area contributed by atoms with Crippen molar-refractivity contribution in [2.24, 2.45) is 5.73 Å². The summed E-state index contributed by atoms with van der Waals surface area (Å²) in [5.74, 6) is 0.0113. The molecule has 0 unspecified atom stereocenters. The molecule has 0 fully saturated rings. The molecule has 0 atom stereocenters. The molecule has 2 rings (SSSR count). The average Bonchev–Trinajstić information content (AvgIpc) is 2.27. The Labute approximate surface area is 83.5 Å². The van der Waals surface area contributed by atoms with Crippen molar-refractivity contribution < 1.29 is 4.79 Å². The first-order valence-electron chi connectivity index (χ1n) is 4.91. The standard InChI is InChI=1S/C11H14N2O/c12-8-11(14)13-7-3-5-9-4-1-2-6-10(9)13/h1-2,4,6H,3,5,7-8,12H2. The van der Waals surface area contributed by atoms with Crippen molar-refractivity contribution in [3.05, 3.63) is 29.8 Å². The van der Waals surface area contributed by atoms with Crippen LogP contribution in [0.5, 0.6) is 0 Å². The lowest BCUT2D eigenvalue weighted by molar-refractivity contribution is -0.117. The summed E-state index contributed by atoms with van der Waals surface area (Å²) in [6.45, 7) is 0.890. The van der Waals surface area contributed by atoms with E-state index in [4.69, 9.17) is 5.73 Å². The van der Waals surface area contributed by atoms with Gasteiger partial charge >= 0.3 is 0 Å². The summed E-state index contributed by atoms with van der Waals surface area (Å²) in [6.07, 6.45) is 2.09. The summed E-state index contributed by atoms with van der Waals surface area (Å²) in [5, 5.41) is 0. The van der Waals surface area contributed by atoms with E-state index in [1.54, 1.807) is 4.90 Å². The molecular weight excluding hydrogens is 176 g/mol. The molecule has 0 spiro atoms. The maximum Gasteiger partial charge on any atom is 0.240 e. The number of rotatable bonds is 1. The van der Waals surface area contributed by atoms with Gasteiger partial charge in [0, 0.05) is 12.2 Å². The second-order valence-corrected chi connectivity index (χ2v) is 3.48. The van der Waals surface area contributed by atoms with E-state index in [0.29, 0.717) is 0 Å². The minimum absolute atomic E-state index is 0.0113. The topological polar surface area (TPSA) is 46.3 Å². The van der Waals surface area contributed by atoms with Crippen LogP contribution in [0.3, 0.4) is 0 Å². The number of fused-ring (bicyclic) bond motifs is 1. The predicted octanol–water partition coefficient (Wildman–Crippen LogP) is 0.924. The van der Waals surface area contributed by atoms with Crippen LogP contribution in [0.25, 0.3) is 0 Å². The molecule has 2 N–H and O–H groups in total. The van der Waals surface area contributed by atoms with Crippen molar-refractivity contribution in [1.82, 2.24) is 0 Å². The van der Waals surface area contributed by atoms with Gasteiger partial charge in [-0.05, 0) is 24.5 Å². The molecule has 1 aromatic rings. The van der Waals surface area contributed by atoms with E-state index in [2.05, 4.69) is 6.07 Å². The summed E-state index contributed by atoms with van der Waals surface area (Å²) < 4.78 is 0. The molecule has 3 heteroatoms. The van der Waals surface area contributed by atoms with Gasteiger partial charge in [-0.2, -0.15) is 0 Å². The zero-order chi connectivity index (χ0) is 9.97. The van der Waals surface area contributed by atoms with Gasteiger partial charge in [-0.25, -0.2) is 0 Å². The van der Waals surface area contributed by atoms with Crippen molar-refractivity contribution >= 4 is 11.6 Å². The van der Waals surface area contributed by atoms with E-state index in [0.717, 1.165) is 25.1 Å². The number of hydrogen-bond donors (Lipinski definition) is 1. The van der Waals surface area contributed by atoms with E-state index in [-0.39, 0.29) is 12.5 Å². The third-order valence-electron chi connectivity index (χ3n) is 2.59. The third-order valence-corrected chi connectivity index (χ3v) is 2.59. The van der Waals surface area contributed by atoms with Gasteiger partial charge in [-0.15, -0.1) is 0 Å². The fourth-order valence-corrected chi connectivity index (χ4v) is 1.90. The molecule has 3 nitrogen and oxygen atoms in total. The first-order valence-corrected chi connectivity index (χ1v) is 4.91. The molecule has 74 valence electrons. The van der Waals surface area contributed by atoms with Gasteiger partial charge < -0.3 is 10.6 Å². The van der Waals surface area contributed by atoms with E-state index < -0.39 is 0 Å². The largest absolute Gasteiger partial charge is 0.322 e. The highest BCUT2D eigenvalue weighted by Crippen LogP contribution is 2.26. The Morgan fingerprint density at radius 2 is 2.21 bits per heavy atom. The normalized spacial score (nSPS) is 15.1. The fourth-order valence-electron chi connectivity index (χ4n) is 1.90. The Balaban J connectivity index is 2.35. The predicted molar refractivity (Wildman–Crippen MR) is 56.2 cm³/mol. The zero-order valence-electron chi connectivity index (χ0n) is 8.07. The number of carbonyl (C=O) groups excluding carboxylic acids is 1. The molecule has 0 radical (unpaired) electrons. The summed E-state index contributed by atoms with van der Waals surface area (Å²) in [6, 6.07) is 8.03. The first kappa shape index (κ1) is 9.21. The molecule has 0 aromatic heterocycles. The molecule has 0 bridgehead atoms. The zero-order valence-corrected chi connectivity index (χ0v) is 8.07. The highest BCUT2D eigenvalue weighted by molar-refractivity contribution is 5.95. The van der Waals surface area contributed by atoms with E-state index in [1.807, 2.05) is 18.2 Å². The van der Waals surface area contributed by atoms with Crippen LogP contribution in [0.1, 0.15) is 12.0 Å². The van der Waals surface area contributed by atoms with Crippen LogP contribution in [0.4, 0.5) is 5.69 Å². The van der Waals surface area contributed by atoms with Crippen LogP contribution in [-0.4, -0.2) is 19.0 Å². The highest BCUT2D eigenvalue weighted by atomic mass is 16.2. The van der Waals surface area contributed by atoms with Gasteiger partial charge in [0.15, 0.2) is 0 Å². The minimum Gasteiger partial charge on any atom is -0.322 e. The maximum atomic E-state index is 11.5. The van der Waals surface area contributed by atoms with Crippen molar-refractivity contribution in [2.75, 3.05) is 18.0 Å². The smallest absolute Gasteiger partial charge is 0.240 e. The lowest BCUT2D eigenvalue weighted by Gasteiger charge is -2.29. The molecule has 1 heterocycles. The van der Waals surface area contributed by atoms with Crippen LogP contribution in [0.2, 0.25) is 0 Å². The van der Waals surface area contributed by atoms with Crippen LogP contribution in [0.15, 0.2) is 24.3 Å². The van der Waals surface area contributed by atoms with Gasteiger partial charge in [-0.3, -0.25) is 4.79 Å². The number of carbonyl (C=O) groups is 1. The number of para-hydroxylation sites is 1. The Hall–Kier alpha value is -1.35. The molecule has 1 amide bonds. The van der Waals surface area contributed by atoms with Crippen molar-refractivity contribution in [2.45, 2.75) is 12.8 Å². The lowest BCUT2D eigenvalue weighted by atomic mass is 10.0. The molecule has 14 heavy (non-hydrogen) atoms. The van der Waals surface area contributed by atoms with Gasteiger partial charge in [0.2, 0.25) is 5.91 Å². The molecule has 0 saturated carbocycles. The molecule has 1 aliphatic heterocycles. The minimum atomic E-state index is 0.0113. The molecule has 0 saturated heterocycles. The second kappa shape index (κ2) is 3.80. The van der Waals surface area contributed by atoms with Crippen LogP contribution in [0, 0.1) is 0 Å². The van der Waals surface area contributed by atoms with Crippen LogP contribution < -0.4 is 10.6 Å². The summed E-state index contributed by atoms with van der Waals surface area (Å²) in [5.41, 5.74) is 7.66. The summed E-state index contributed by atoms with van der Waals surface area (Å²) >= 11 is 0. The number of amides is 1. The molecule has 1 aromatic carbocycles. The number of benzene rings is 1. The Morgan fingerprint density at radius 1 is 1.43 bits per heavy atom. The number of hydrogen-bond acceptors (Lipinski definition) is 2. The van der Waals surface area contributed by atoms with Gasteiger partial charge in [0.1, 0.15) is 0 Å². The van der Waals surface area contributed by atoms with Gasteiger partial charge in [0.05, 0.1) is 6.54 Å². The Bertz CT molecular complexity index is 349. The van der Waals surface area contributed by atoms with Crippen LogP contribution in [-0.2, 0) is 11.2 Å². The maximum absolute atomic E-state index is 11.5. The fraction of sp³-hybridized carbons (Fsp3) is 0.364. The number of nitrogens with zero attached hydrogens (tertiary/aromatic N) is 1. The summed E-state index contributed by atoms with van der Waals surface area (Å²) in [7, 11) is 0. The van der Waals surface area contributed by atoms with Gasteiger partial charge in [-0.1, -0.05) is 18.2 Å². The van der Waals surface area contributed by atoms with Gasteiger partial charge in [0.25, 0.3) is 0 Å². The average molecular weight is 190 g/mol. The first-order chi connectivity index (χ1) is 6.83. The Morgan fingerprint density at radius 3 is 3.00 bits per heavy atom. The molecule has 0 aliphatic carbocycles. The van der Waals surface area contributed by atoms with E-state index in [1.165, 1.54) is 5.56 Å².